The van der Waals surface area contributed by atoms with Crippen LogP contribution in [0.2, 0.25) is 0 Å². The van der Waals surface area contributed by atoms with Crippen LogP contribution in [-0.2, 0) is 4.74 Å². The molecule has 1 rings (SSSR count). The number of ether oxygens (including phenoxy) is 1. The predicted molar refractivity (Wildman–Crippen MR) is 50.6 cm³/mol. The minimum absolute atomic E-state index is 0.173. The van der Waals surface area contributed by atoms with Crippen LogP contribution in [-0.4, -0.2) is 25.5 Å². The van der Waals surface area contributed by atoms with Crippen molar-refractivity contribution in [2.75, 3.05) is 19.8 Å². The Balaban J connectivity index is 2.65. The lowest BCUT2D eigenvalue weighted by Gasteiger charge is -2.03. The van der Waals surface area contributed by atoms with Gasteiger partial charge in [0.05, 0.1) is 12.2 Å². The Morgan fingerprint density at radius 3 is 2.73 bits per heavy atom. The van der Waals surface area contributed by atoms with Crippen molar-refractivity contribution in [3.63, 3.8) is 0 Å². The number of benzene rings is 1. The fraction of sp³-hybridized carbons (Fsp3) is 0.300. The Kier molecular flexibility index (Phi) is 4.33. The first kappa shape index (κ1) is 11.7. The maximum atomic E-state index is 13.1. The van der Waals surface area contributed by atoms with Gasteiger partial charge in [0.2, 0.25) is 0 Å². The van der Waals surface area contributed by atoms with Gasteiger partial charge in [-0.25, -0.2) is 8.78 Å². The zero-order valence-electron chi connectivity index (χ0n) is 8.00. The smallest absolute Gasteiger partial charge is 0.191 e. The molecule has 0 saturated carbocycles. The third-order valence-electron chi connectivity index (χ3n) is 1.73. The molecule has 0 unspecified atom stereocenters. The minimum atomic E-state index is -0.878. The van der Waals surface area contributed by atoms with E-state index in [4.69, 9.17) is 10.5 Å². The van der Waals surface area contributed by atoms with Crippen LogP contribution in [0.25, 0.3) is 0 Å². The van der Waals surface area contributed by atoms with Gasteiger partial charge in [0.15, 0.2) is 5.78 Å². The zero-order valence-corrected chi connectivity index (χ0v) is 8.00. The van der Waals surface area contributed by atoms with Crippen molar-refractivity contribution in [2.24, 2.45) is 5.73 Å². The molecule has 1 aromatic carbocycles. The van der Waals surface area contributed by atoms with Crippen LogP contribution < -0.4 is 5.73 Å². The molecule has 0 bridgehead atoms. The van der Waals surface area contributed by atoms with E-state index in [2.05, 4.69) is 0 Å². The van der Waals surface area contributed by atoms with Crippen LogP contribution in [0.1, 0.15) is 10.4 Å². The minimum Gasteiger partial charge on any atom is -0.372 e. The van der Waals surface area contributed by atoms with E-state index in [1.807, 2.05) is 0 Å². The molecular weight excluding hydrogens is 204 g/mol. The van der Waals surface area contributed by atoms with Gasteiger partial charge < -0.3 is 10.5 Å². The lowest BCUT2D eigenvalue weighted by Crippen LogP contribution is -2.15. The molecule has 1 aromatic rings. The molecule has 0 amide bonds. The third-order valence-corrected chi connectivity index (χ3v) is 1.73. The maximum Gasteiger partial charge on any atom is 0.191 e. The highest BCUT2D eigenvalue weighted by Crippen LogP contribution is 2.10. The second kappa shape index (κ2) is 5.53. The quantitative estimate of drug-likeness (QED) is 0.591. The predicted octanol–water partition coefficient (Wildman–Crippen LogP) is 1.12. The van der Waals surface area contributed by atoms with Crippen molar-refractivity contribution in [3.8, 4) is 0 Å². The highest BCUT2D eigenvalue weighted by atomic mass is 19.1. The summed E-state index contributed by atoms with van der Waals surface area (Å²) in [4.78, 5) is 11.3. The SMILES string of the molecule is NCCOCC(=O)c1ccc(F)cc1F. The van der Waals surface area contributed by atoms with Crippen LogP contribution >= 0.6 is 0 Å². The first-order chi connectivity index (χ1) is 7.15. The number of Topliss-reactive ketones (excluding diaryl/α,β-unsaturated/α-hetero) is 1. The van der Waals surface area contributed by atoms with Crippen LogP contribution in [0.5, 0.6) is 0 Å². The van der Waals surface area contributed by atoms with E-state index in [9.17, 15) is 13.6 Å². The monoisotopic (exact) mass is 215 g/mol. The number of halogens is 2. The number of nitrogens with two attached hydrogens (primary N) is 1. The van der Waals surface area contributed by atoms with Gasteiger partial charge in [-0.3, -0.25) is 4.79 Å². The Bertz CT molecular complexity index is 355. The van der Waals surface area contributed by atoms with Crippen LogP contribution in [0.15, 0.2) is 18.2 Å². The lowest BCUT2D eigenvalue weighted by atomic mass is 10.1. The molecule has 0 heterocycles. The fourth-order valence-corrected chi connectivity index (χ4v) is 1.04. The number of ketones is 1. The van der Waals surface area contributed by atoms with E-state index in [-0.39, 0.29) is 18.8 Å². The van der Waals surface area contributed by atoms with E-state index in [0.717, 1.165) is 12.1 Å². The number of hydrogen-bond donors (Lipinski definition) is 1. The van der Waals surface area contributed by atoms with Crippen LogP contribution in [0.3, 0.4) is 0 Å². The van der Waals surface area contributed by atoms with Crippen molar-refractivity contribution in [1.29, 1.82) is 0 Å². The Morgan fingerprint density at radius 1 is 1.40 bits per heavy atom. The molecule has 82 valence electrons. The van der Waals surface area contributed by atoms with Crippen molar-refractivity contribution >= 4 is 5.78 Å². The molecule has 0 aliphatic heterocycles. The number of carbonyl (C=O) groups excluding carboxylic acids is 1. The molecule has 0 fully saturated rings. The maximum absolute atomic E-state index is 13.1. The van der Waals surface area contributed by atoms with E-state index in [1.165, 1.54) is 0 Å². The van der Waals surface area contributed by atoms with Gasteiger partial charge in [0.1, 0.15) is 18.2 Å². The topological polar surface area (TPSA) is 52.3 Å². The molecule has 0 spiro atoms. The standard InChI is InChI=1S/C10H11F2NO2/c11-7-1-2-8(9(12)5-7)10(14)6-15-4-3-13/h1-2,5H,3-4,6,13H2. The summed E-state index contributed by atoms with van der Waals surface area (Å²) >= 11 is 0. The number of hydrogen-bond acceptors (Lipinski definition) is 3. The molecule has 0 aliphatic rings. The molecule has 0 radical (unpaired) electrons. The van der Waals surface area contributed by atoms with Crippen molar-refractivity contribution in [3.05, 3.63) is 35.4 Å². The number of rotatable bonds is 5. The molecule has 3 nitrogen and oxygen atoms in total. The molecule has 0 aromatic heterocycles. The van der Waals surface area contributed by atoms with Crippen LogP contribution in [0, 0.1) is 11.6 Å². The van der Waals surface area contributed by atoms with Gasteiger partial charge in [-0.15, -0.1) is 0 Å². The van der Waals surface area contributed by atoms with E-state index in [1.54, 1.807) is 0 Å². The Hall–Kier alpha value is -1.33. The van der Waals surface area contributed by atoms with E-state index < -0.39 is 17.4 Å². The normalized spacial score (nSPS) is 10.3. The zero-order chi connectivity index (χ0) is 11.3. The van der Waals surface area contributed by atoms with Gasteiger partial charge >= 0.3 is 0 Å². The molecule has 0 saturated heterocycles. The summed E-state index contributed by atoms with van der Waals surface area (Å²) in [5.41, 5.74) is 4.97. The molecule has 2 N–H and O–H groups in total. The van der Waals surface area contributed by atoms with Gasteiger partial charge in [-0.2, -0.15) is 0 Å². The molecule has 0 aliphatic carbocycles. The van der Waals surface area contributed by atoms with Gasteiger partial charge in [0, 0.05) is 12.6 Å². The first-order valence-corrected chi connectivity index (χ1v) is 4.41. The second-order valence-corrected chi connectivity index (χ2v) is 2.89. The van der Waals surface area contributed by atoms with Crippen LogP contribution in [0.4, 0.5) is 8.78 Å². The van der Waals surface area contributed by atoms with Gasteiger partial charge in [0.25, 0.3) is 0 Å². The van der Waals surface area contributed by atoms with Crippen molar-refractivity contribution in [2.45, 2.75) is 0 Å². The van der Waals surface area contributed by atoms with Crippen molar-refractivity contribution < 1.29 is 18.3 Å². The third kappa shape index (κ3) is 3.38. The fourth-order valence-electron chi connectivity index (χ4n) is 1.04. The van der Waals surface area contributed by atoms with E-state index >= 15 is 0 Å². The summed E-state index contributed by atoms with van der Waals surface area (Å²) in [6, 6.07) is 2.79. The molecular formula is C10H11F2NO2. The summed E-state index contributed by atoms with van der Waals surface area (Å²) in [7, 11) is 0. The summed E-state index contributed by atoms with van der Waals surface area (Å²) in [6.07, 6.45) is 0. The lowest BCUT2D eigenvalue weighted by molar-refractivity contribution is 0.0770. The summed E-state index contributed by atoms with van der Waals surface area (Å²) in [6.45, 7) is 0.271. The Labute approximate surface area is 85.8 Å². The average molecular weight is 215 g/mol. The highest BCUT2D eigenvalue weighted by Gasteiger charge is 2.12. The molecule has 0 atom stereocenters. The Morgan fingerprint density at radius 2 is 2.13 bits per heavy atom. The van der Waals surface area contributed by atoms with Gasteiger partial charge in [-0.1, -0.05) is 0 Å². The number of carbonyl (C=O) groups is 1. The summed E-state index contributed by atoms with van der Waals surface area (Å²) < 4.78 is 30.4. The molecule has 5 heteroatoms. The van der Waals surface area contributed by atoms with Gasteiger partial charge in [-0.05, 0) is 12.1 Å². The van der Waals surface area contributed by atoms with Crippen molar-refractivity contribution in [1.82, 2.24) is 0 Å². The summed E-state index contributed by atoms with van der Waals surface area (Å²) in [5.74, 6) is -2.12. The highest BCUT2D eigenvalue weighted by molar-refractivity contribution is 5.97. The first-order valence-electron chi connectivity index (χ1n) is 4.41. The van der Waals surface area contributed by atoms with E-state index in [0.29, 0.717) is 12.6 Å². The summed E-state index contributed by atoms with van der Waals surface area (Å²) in [5, 5.41) is 0. The average Bonchev–Trinajstić information content (AvgIpc) is 2.17. The largest absolute Gasteiger partial charge is 0.372 e. The second-order valence-electron chi connectivity index (χ2n) is 2.89. The molecule has 15 heavy (non-hydrogen) atoms.